The second kappa shape index (κ2) is 5.15. The Morgan fingerprint density at radius 1 is 0.850 bits per heavy atom. The highest BCUT2D eigenvalue weighted by Gasteiger charge is 2.40. The van der Waals surface area contributed by atoms with Crippen LogP contribution in [0, 0.1) is 34.6 Å². The van der Waals surface area contributed by atoms with Crippen molar-refractivity contribution in [3.63, 3.8) is 0 Å². The minimum Gasteiger partial charge on any atom is -0.387 e. The molecule has 0 aromatic heterocycles. The molecule has 0 aliphatic carbocycles. The second-order valence-electron chi connectivity index (χ2n) is 6.32. The Bertz CT molecular complexity index is 611. The topological polar surface area (TPSA) is 54.4 Å². The quantitative estimate of drug-likeness (QED) is 0.933. The molecule has 1 unspecified atom stereocenters. The summed E-state index contributed by atoms with van der Waals surface area (Å²) >= 11 is 0. The van der Waals surface area contributed by atoms with Gasteiger partial charge in [-0.05, 0) is 81.8 Å². The zero-order chi connectivity index (χ0) is 16.0. The predicted molar refractivity (Wildman–Crippen MR) is 84.0 cm³/mol. The van der Waals surface area contributed by atoms with Gasteiger partial charge in [0.2, 0.25) is 0 Å². The average Bonchev–Trinajstić information content (AvgIpc) is 2.32. The maximum absolute atomic E-state index is 12.0. The fraction of sp³-hybridized carbons (Fsp3) is 0.625. The van der Waals surface area contributed by atoms with Crippen molar-refractivity contribution in [3.05, 3.63) is 33.4 Å². The van der Waals surface area contributed by atoms with E-state index in [1.807, 2.05) is 27.7 Å². The van der Waals surface area contributed by atoms with Gasteiger partial charge in [0.25, 0.3) is 0 Å². The van der Waals surface area contributed by atoms with Crippen LogP contribution in [-0.4, -0.2) is 24.5 Å². The lowest BCUT2D eigenvalue weighted by molar-refractivity contribution is 0.138. The van der Waals surface area contributed by atoms with E-state index in [1.165, 1.54) is 11.8 Å². The molecule has 0 radical (unpaired) electrons. The zero-order valence-electron chi connectivity index (χ0n) is 13.7. The van der Waals surface area contributed by atoms with Crippen LogP contribution in [0.5, 0.6) is 0 Å². The van der Waals surface area contributed by atoms with Crippen LogP contribution in [0.3, 0.4) is 0 Å². The van der Waals surface area contributed by atoms with E-state index in [0.717, 1.165) is 27.8 Å². The van der Waals surface area contributed by atoms with Crippen LogP contribution in [0.2, 0.25) is 0 Å². The standard InChI is InChI=1S/C16H26O3S/c1-9-10(2)12(4)14(13(5)11(9)3)15(17)16(6,7)20(8,18)19/h15,17H,1-8H3. The van der Waals surface area contributed by atoms with Gasteiger partial charge in [0.15, 0.2) is 9.84 Å². The van der Waals surface area contributed by atoms with Crippen LogP contribution in [0.15, 0.2) is 0 Å². The Morgan fingerprint density at radius 2 is 1.15 bits per heavy atom. The highest BCUT2D eigenvalue weighted by Crippen LogP contribution is 2.38. The van der Waals surface area contributed by atoms with Crippen molar-refractivity contribution in [1.29, 1.82) is 0 Å². The van der Waals surface area contributed by atoms with E-state index in [-0.39, 0.29) is 0 Å². The van der Waals surface area contributed by atoms with Gasteiger partial charge in [-0.25, -0.2) is 8.42 Å². The number of rotatable bonds is 3. The summed E-state index contributed by atoms with van der Waals surface area (Å²) in [6.45, 7) is 13.1. The molecular weight excluding hydrogens is 272 g/mol. The molecule has 4 heteroatoms. The van der Waals surface area contributed by atoms with Crippen molar-refractivity contribution in [2.24, 2.45) is 0 Å². The van der Waals surface area contributed by atoms with Gasteiger partial charge >= 0.3 is 0 Å². The molecule has 3 nitrogen and oxygen atoms in total. The van der Waals surface area contributed by atoms with E-state index < -0.39 is 20.7 Å². The largest absolute Gasteiger partial charge is 0.387 e. The summed E-state index contributed by atoms with van der Waals surface area (Å²) in [6.07, 6.45) is 0.143. The number of aliphatic hydroxyl groups is 1. The lowest BCUT2D eigenvalue weighted by Gasteiger charge is -2.32. The highest BCUT2D eigenvalue weighted by molar-refractivity contribution is 7.92. The maximum Gasteiger partial charge on any atom is 0.155 e. The summed E-state index contributed by atoms with van der Waals surface area (Å²) < 4.78 is 22.7. The Hall–Kier alpha value is -0.870. The van der Waals surface area contributed by atoms with E-state index in [9.17, 15) is 13.5 Å². The normalized spacial score (nSPS) is 14.4. The smallest absolute Gasteiger partial charge is 0.155 e. The molecule has 1 aromatic carbocycles. The summed E-state index contributed by atoms with van der Waals surface area (Å²) in [6, 6.07) is 0. The minimum absolute atomic E-state index is 0.751. The molecule has 0 bridgehead atoms. The SMILES string of the molecule is Cc1c(C)c(C)c(C(O)C(C)(C)S(C)(=O)=O)c(C)c1C. The van der Waals surface area contributed by atoms with Gasteiger partial charge in [0, 0.05) is 6.26 Å². The third kappa shape index (κ3) is 2.51. The zero-order valence-corrected chi connectivity index (χ0v) is 14.6. The lowest BCUT2D eigenvalue weighted by Crippen LogP contribution is -2.38. The van der Waals surface area contributed by atoms with E-state index in [4.69, 9.17) is 0 Å². The summed E-state index contributed by atoms with van der Waals surface area (Å²) in [7, 11) is -3.37. The van der Waals surface area contributed by atoms with Crippen LogP contribution >= 0.6 is 0 Å². The second-order valence-corrected chi connectivity index (χ2v) is 8.91. The van der Waals surface area contributed by atoms with Gasteiger partial charge in [0.05, 0.1) is 10.9 Å². The Labute approximate surface area is 123 Å². The summed E-state index contributed by atoms with van der Waals surface area (Å²) in [5, 5.41) is 10.7. The van der Waals surface area contributed by atoms with Crippen molar-refractivity contribution in [2.45, 2.75) is 59.3 Å². The minimum atomic E-state index is -3.37. The first-order valence-corrected chi connectivity index (χ1v) is 8.67. The Balaban J connectivity index is 3.65. The summed E-state index contributed by atoms with van der Waals surface area (Å²) in [4.78, 5) is 0. The summed E-state index contributed by atoms with van der Waals surface area (Å²) in [5.74, 6) is 0. The van der Waals surface area contributed by atoms with Crippen LogP contribution in [-0.2, 0) is 9.84 Å². The maximum atomic E-state index is 12.0. The van der Waals surface area contributed by atoms with Crippen molar-refractivity contribution >= 4 is 9.84 Å². The molecule has 20 heavy (non-hydrogen) atoms. The molecule has 0 heterocycles. The Kier molecular flexibility index (Phi) is 4.43. The van der Waals surface area contributed by atoms with E-state index >= 15 is 0 Å². The molecule has 0 fully saturated rings. The van der Waals surface area contributed by atoms with Gasteiger partial charge < -0.3 is 5.11 Å². The predicted octanol–water partition coefficient (Wildman–Crippen LogP) is 3.09. The number of hydrogen-bond acceptors (Lipinski definition) is 3. The number of hydrogen-bond donors (Lipinski definition) is 1. The van der Waals surface area contributed by atoms with Gasteiger partial charge in [-0.2, -0.15) is 0 Å². The molecule has 0 saturated heterocycles. The van der Waals surface area contributed by atoms with Gasteiger partial charge in [-0.3, -0.25) is 0 Å². The lowest BCUT2D eigenvalue weighted by atomic mass is 9.84. The summed E-state index contributed by atoms with van der Waals surface area (Å²) in [5.41, 5.74) is 6.15. The van der Waals surface area contributed by atoms with Crippen molar-refractivity contribution in [2.75, 3.05) is 6.26 Å². The molecule has 0 aliphatic heterocycles. The fourth-order valence-corrected chi connectivity index (χ4v) is 3.01. The number of benzene rings is 1. The van der Waals surface area contributed by atoms with Crippen LogP contribution in [0.1, 0.15) is 53.3 Å². The first kappa shape index (κ1) is 17.2. The average molecular weight is 298 g/mol. The van der Waals surface area contributed by atoms with Crippen LogP contribution in [0.4, 0.5) is 0 Å². The molecule has 0 saturated carbocycles. The van der Waals surface area contributed by atoms with Gasteiger partial charge in [0.1, 0.15) is 0 Å². The number of aliphatic hydroxyl groups excluding tert-OH is 1. The molecule has 0 amide bonds. The number of sulfone groups is 1. The Morgan fingerprint density at radius 3 is 1.45 bits per heavy atom. The van der Waals surface area contributed by atoms with Gasteiger partial charge in [-0.15, -0.1) is 0 Å². The monoisotopic (exact) mass is 298 g/mol. The molecule has 114 valence electrons. The third-order valence-electron chi connectivity index (χ3n) is 4.95. The molecule has 1 aromatic rings. The van der Waals surface area contributed by atoms with Crippen molar-refractivity contribution < 1.29 is 13.5 Å². The fourth-order valence-electron chi connectivity index (χ4n) is 2.49. The van der Waals surface area contributed by atoms with E-state index in [0.29, 0.717) is 0 Å². The molecule has 1 atom stereocenters. The van der Waals surface area contributed by atoms with Crippen molar-refractivity contribution in [3.8, 4) is 0 Å². The first-order chi connectivity index (χ1) is 8.84. The molecule has 0 spiro atoms. The molecule has 1 rings (SSSR count). The van der Waals surface area contributed by atoms with E-state index in [1.54, 1.807) is 13.8 Å². The highest BCUT2D eigenvalue weighted by atomic mass is 32.2. The first-order valence-electron chi connectivity index (χ1n) is 6.78. The molecule has 0 aliphatic rings. The molecule has 1 N–H and O–H groups in total. The third-order valence-corrected chi connectivity index (χ3v) is 7.08. The molecular formula is C16H26O3S. The van der Waals surface area contributed by atoms with Crippen LogP contribution in [0.25, 0.3) is 0 Å². The van der Waals surface area contributed by atoms with Gasteiger partial charge in [-0.1, -0.05) is 0 Å². The van der Waals surface area contributed by atoms with E-state index in [2.05, 4.69) is 6.92 Å². The van der Waals surface area contributed by atoms with Crippen LogP contribution < -0.4 is 0 Å². The van der Waals surface area contributed by atoms with Crippen molar-refractivity contribution in [1.82, 2.24) is 0 Å².